The van der Waals surface area contributed by atoms with Crippen LogP contribution in [-0.4, -0.2) is 0 Å². The topological polar surface area (TPSA) is 0 Å². The predicted molar refractivity (Wildman–Crippen MR) is 63.0 cm³/mol. The first-order valence-corrected chi connectivity index (χ1v) is 6.32. The number of hydrogen-bond acceptors (Lipinski definition) is 0. The van der Waals surface area contributed by atoms with Crippen LogP contribution < -0.4 is 5.30 Å². The van der Waals surface area contributed by atoms with Gasteiger partial charge in [0.1, 0.15) is 0 Å². The van der Waals surface area contributed by atoms with Crippen molar-refractivity contribution in [3.63, 3.8) is 0 Å². The summed E-state index contributed by atoms with van der Waals surface area (Å²) in [5.74, 6) is 0. The third-order valence-corrected chi connectivity index (χ3v) is 3.38. The maximum atomic E-state index is 5.59. The minimum absolute atomic E-state index is 0.828. The summed E-state index contributed by atoms with van der Waals surface area (Å²) < 4.78 is 1.10. The van der Waals surface area contributed by atoms with Gasteiger partial charge in [0.15, 0.2) is 0 Å². The Morgan fingerprint density at radius 2 is 2.17 bits per heavy atom. The molecule has 0 aliphatic heterocycles. The van der Waals surface area contributed by atoms with Gasteiger partial charge in [0.25, 0.3) is 0 Å². The summed E-state index contributed by atoms with van der Waals surface area (Å²) >= 11 is 6.89. The van der Waals surface area contributed by atoms with Crippen molar-refractivity contribution in [1.82, 2.24) is 0 Å². The predicted octanol–water partition coefficient (Wildman–Crippen LogP) is 3.81. The third-order valence-electron chi connectivity index (χ3n) is 1.69. The van der Waals surface area contributed by atoms with Gasteiger partial charge in [-0.1, -0.05) is 0 Å². The zero-order valence-corrected chi connectivity index (χ0v) is 10.7. The van der Waals surface area contributed by atoms with Gasteiger partial charge in [-0.25, -0.2) is 0 Å². The summed E-state index contributed by atoms with van der Waals surface area (Å²) in [4.78, 5) is 0. The Kier molecular flexibility index (Phi) is 3.99. The fourth-order valence-corrected chi connectivity index (χ4v) is 3.38. The van der Waals surface area contributed by atoms with E-state index in [1.807, 2.05) is 0 Å². The molecule has 0 bridgehead atoms. The fraction of sp³-hybridized carbons (Fsp3) is 0.222. The molecule has 0 heterocycles. The van der Waals surface area contributed by atoms with Gasteiger partial charge in [-0.05, 0) is 0 Å². The molecule has 0 fully saturated rings. The van der Waals surface area contributed by atoms with Crippen LogP contribution in [0, 0.1) is 13.1 Å². The van der Waals surface area contributed by atoms with Crippen LogP contribution in [0.25, 0.3) is 0 Å². The van der Waals surface area contributed by atoms with Gasteiger partial charge in [-0.15, -0.1) is 0 Å². The molecular weight excluding hydrogens is 299 g/mol. The van der Waals surface area contributed by atoms with Gasteiger partial charge < -0.3 is 0 Å². The first kappa shape index (κ1) is 10.5. The normalized spacial score (nSPS) is 9.83. The van der Waals surface area contributed by atoms with Crippen LogP contribution in [0.2, 0.25) is 0 Å². The van der Waals surface area contributed by atoms with Gasteiger partial charge in [0.2, 0.25) is 0 Å². The van der Waals surface area contributed by atoms with Crippen LogP contribution in [-0.2, 0) is 5.33 Å². The second-order valence-corrected chi connectivity index (χ2v) is 4.70. The number of alkyl halides is 1. The third kappa shape index (κ3) is 2.20. The molecule has 62 valence electrons. The van der Waals surface area contributed by atoms with E-state index in [0.29, 0.717) is 0 Å². The Hall–Kier alpha value is 0.390. The summed E-state index contributed by atoms with van der Waals surface area (Å²) in [7, 11) is 0.828. The number of aryl methyl sites for hydroxylation is 1. The van der Waals surface area contributed by atoms with Crippen LogP contribution in [0.5, 0.6) is 0 Å². The van der Waals surface area contributed by atoms with Crippen molar-refractivity contribution in [2.75, 3.05) is 0 Å². The SMILES string of the molecule is C#[P+]c1cc(Br)cc(C)c1CBr. The van der Waals surface area contributed by atoms with Crippen LogP contribution in [0.1, 0.15) is 11.1 Å². The average molecular weight is 307 g/mol. The van der Waals surface area contributed by atoms with Crippen LogP contribution in [0.3, 0.4) is 0 Å². The van der Waals surface area contributed by atoms with Crippen molar-refractivity contribution in [3.05, 3.63) is 27.7 Å². The molecule has 0 radical (unpaired) electrons. The fourth-order valence-electron chi connectivity index (χ4n) is 1.04. The minimum atomic E-state index is 0.828. The second kappa shape index (κ2) is 4.58. The molecule has 0 saturated heterocycles. The van der Waals surface area contributed by atoms with E-state index in [2.05, 4.69) is 50.9 Å². The monoisotopic (exact) mass is 305 g/mol. The molecular formula is C9H8Br2P+. The standard InChI is InChI=1S/C9H8Br2P/c1-6-3-7(11)4-9(12-2)8(6)5-10/h2-4H,5H2,1H3/q+1. The average Bonchev–Trinajstić information content (AvgIpc) is 2.03. The van der Waals surface area contributed by atoms with E-state index in [1.165, 1.54) is 16.4 Å². The van der Waals surface area contributed by atoms with Crippen LogP contribution >= 0.6 is 39.9 Å². The van der Waals surface area contributed by atoms with Gasteiger partial charge in [0, 0.05) is 0 Å². The van der Waals surface area contributed by atoms with E-state index in [-0.39, 0.29) is 0 Å². The number of halogens is 2. The van der Waals surface area contributed by atoms with Crippen molar-refractivity contribution in [1.29, 1.82) is 0 Å². The van der Waals surface area contributed by atoms with Gasteiger partial charge >= 0.3 is 91.3 Å². The first-order chi connectivity index (χ1) is 5.69. The summed E-state index contributed by atoms with van der Waals surface area (Å²) in [5, 5.41) is 2.05. The van der Waals surface area contributed by atoms with Crippen molar-refractivity contribution in [2.24, 2.45) is 0 Å². The summed E-state index contributed by atoms with van der Waals surface area (Å²) in [6, 6.07) is 4.16. The van der Waals surface area contributed by atoms with Gasteiger partial charge in [-0.3, -0.25) is 0 Å². The van der Waals surface area contributed by atoms with E-state index >= 15 is 0 Å². The van der Waals surface area contributed by atoms with Crippen molar-refractivity contribution in [3.8, 4) is 6.13 Å². The molecule has 0 atom stereocenters. The van der Waals surface area contributed by atoms with Crippen LogP contribution in [0.4, 0.5) is 0 Å². The molecule has 0 saturated carbocycles. The molecule has 12 heavy (non-hydrogen) atoms. The number of hydrogen-bond donors (Lipinski definition) is 0. The summed E-state index contributed by atoms with van der Waals surface area (Å²) in [5.41, 5.74) is 2.57. The quantitative estimate of drug-likeness (QED) is 0.547. The van der Waals surface area contributed by atoms with E-state index in [0.717, 1.165) is 17.8 Å². The van der Waals surface area contributed by atoms with Gasteiger partial charge in [-0.2, -0.15) is 0 Å². The zero-order chi connectivity index (χ0) is 9.14. The zero-order valence-electron chi connectivity index (χ0n) is 6.64. The molecule has 0 aliphatic carbocycles. The van der Waals surface area contributed by atoms with Crippen molar-refractivity contribution >= 4 is 45.2 Å². The molecule has 0 aromatic heterocycles. The van der Waals surface area contributed by atoms with Gasteiger partial charge in [0.05, 0.1) is 0 Å². The molecule has 0 nitrogen and oxygen atoms in total. The van der Waals surface area contributed by atoms with E-state index < -0.39 is 0 Å². The molecule has 0 N–H and O–H groups in total. The van der Waals surface area contributed by atoms with E-state index in [4.69, 9.17) is 6.13 Å². The summed E-state index contributed by atoms with van der Waals surface area (Å²) in [6.07, 6.45) is 5.59. The Labute approximate surface area is 91.1 Å². The Morgan fingerprint density at radius 3 is 2.67 bits per heavy atom. The molecule has 3 heteroatoms. The Morgan fingerprint density at radius 1 is 1.50 bits per heavy atom. The Balaban J connectivity index is 3.36. The number of benzene rings is 1. The number of rotatable bonds is 1. The first-order valence-electron chi connectivity index (χ1n) is 3.45. The molecule has 0 unspecified atom stereocenters. The Bertz CT molecular complexity index is 339. The maximum absolute atomic E-state index is 5.59. The second-order valence-electron chi connectivity index (χ2n) is 2.48. The van der Waals surface area contributed by atoms with Crippen LogP contribution in [0.15, 0.2) is 16.6 Å². The molecule has 1 rings (SSSR count). The molecule has 1 aromatic carbocycles. The van der Waals surface area contributed by atoms with E-state index in [9.17, 15) is 0 Å². The molecule has 1 aromatic rings. The molecule has 0 aliphatic rings. The van der Waals surface area contributed by atoms with Crippen molar-refractivity contribution in [2.45, 2.75) is 12.3 Å². The molecule has 0 amide bonds. The van der Waals surface area contributed by atoms with Crippen molar-refractivity contribution < 1.29 is 0 Å². The van der Waals surface area contributed by atoms with E-state index in [1.54, 1.807) is 0 Å². The molecule has 0 spiro atoms. The summed E-state index contributed by atoms with van der Waals surface area (Å²) in [6.45, 7) is 2.09.